The minimum atomic E-state index is -0.841. The molecule has 0 unspecified atom stereocenters. The zero-order valence-corrected chi connectivity index (χ0v) is 15.1. The van der Waals surface area contributed by atoms with Crippen LogP contribution in [0.3, 0.4) is 0 Å². The fourth-order valence-corrected chi connectivity index (χ4v) is 2.38. The molecule has 1 N–H and O–H groups in total. The lowest BCUT2D eigenvalue weighted by Crippen LogP contribution is -2.45. The average molecular weight is 361 g/mol. The number of methoxy groups -OCH3 is 1. The molecular weight excluding hydrogens is 338 g/mol. The second kappa shape index (κ2) is 8.62. The second-order valence-corrected chi connectivity index (χ2v) is 6.28. The minimum Gasteiger partial charge on any atom is -0.466 e. The normalized spacial score (nSPS) is 20.9. The van der Waals surface area contributed by atoms with Crippen LogP contribution in [0.5, 0.6) is 0 Å². The highest BCUT2D eigenvalue weighted by molar-refractivity contribution is 5.84. The SMILES string of the molecule is COC(=O)/C=C/[C@@H](OC(=O)[C@H](Cc1ccccc1)NC(C)=O)[C@@]1(C)CO1. The minimum absolute atomic E-state index is 0.296. The summed E-state index contributed by atoms with van der Waals surface area (Å²) in [5.74, 6) is -1.49. The molecule has 1 heterocycles. The van der Waals surface area contributed by atoms with E-state index in [1.165, 1.54) is 26.2 Å². The Labute approximate surface area is 152 Å². The van der Waals surface area contributed by atoms with Crippen LogP contribution in [0.1, 0.15) is 19.4 Å². The molecular formula is C19H23NO6. The van der Waals surface area contributed by atoms with Gasteiger partial charge in [0.25, 0.3) is 0 Å². The van der Waals surface area contributed by atoms with Crippen LogP contribution in [0.15, 0.2) is 42.5 Å². The lowest BCUT2D eigenvalue weighted by molar-refractivity contribution is -0.153. The van der Waals surface area contributed by atoms with E-state index in [-0.39, 0.29) is 5.91 Å². The molecule has 1 aliphatic heterocycles. The largest absolute Gasteiger partial charge is 0.466 e. The Balaban J connectivity index is 2.11. The molecule has 7 nitrogen and oxygen atoms in total. The van der Waals surface area contributed by atoms with Crippen molar-refractivity contribution in [1.29, 1.82) is 0 Å². The molecule has 2 rings (SSSR count). The number of hydrogen-bond donors (Lipinski definition) is 1. The second-order valence-electron chi connectivity index (χ2n) is 6.28. The highest BCUT2D eigenvalue weighted by atomic mass is 16.6. The molecule has 0 radical (unpaired) electrons. The number of esters is 2. The first-order valence-corrected chi connectivity index (χ1v) is 8.25. The average Bonchev–Trinajstić information content (AvgIpc) is 3.36. The van der Waals surface area contributed by atoms with Crippen molar-refractivity contribution in [2.75, 3.05) is 13.7 Å². The lowest BCUT2D eigenvalue weighted by Gasteiger charge is -2.22. The van der Waals surface area contributed by atoms with Crippen molar-refractivity contribution in [2.45, 2.75) is 38.0 Å². The number of benzene rings is 1. The number of amides is 1. The molecule has 0 saturated carbocycles. The van der Waals surface area contributed by atoms with E-state index >= 15 is 0 Å². The Hall–Kier alpha value is -2.67. The first-order valence-electron chi connectivity index (χ1n) is 8.25. The van der Waals surface area contributed by atoms with Gasteiger partial charge in [-0.05, 0) is 18.6 Å². The van der Waals surface area contributed by atoms with Crippen LogP contribution in [-0.4, -0.2) is 49.3 Å². The number of hydrogen-bond acceptors (Lipinski definition) is 6. The first-order chi connectivity index (χ1) is 12.3. The highest BCUT2D eigenvalue weighted by Gasteiger charge is 2.49. The van der Waals surface area contributed by atoms with Crippen molar-refractivity contribution < 1.29 is 28.6 Å². The van der Waals surface area contributed by atoms with Crippen LogP contribution in [-0.2, 0) is 35.0 Å². The molecule has 0 aromatic heterocycles. The van der Waals surface area contributed by atoms with Gasteiger partial charge in [-0.1, -0.05) is 30.3 Å². The molecule has 140 valence electrons. The Bertz CT molecular complexity index is 681. The Morgan fingerprint density at radius 2 is 1.96 bits per heavy atom. The smallest absolute Gasteiger partial charge is 0.330 e. The van der Waals surface area contributed by atoms with Gasteiger partial charge in [-0.3, -0.25) is 4.79 Å². The zero-order valence-electron chi connectivity index (χ0n) is 15.1. The first kappa shape index (κ1) is 19.7. The summed E-state index contributed by atoms with van der Waals surface area (Å²) >= 11 is 0. The fourth-order valence-electron chi connectivity index (χ4n) is 2.38. The van der Waals surface area contributed by atoms with Gasteiger partial charge in [0.2, 0.25) is 5.91 Å². The number of rotatable bonds is 8. The van der Waals surface area contributed by atoms with Crippen LogP contribution < -0.4 is 5.32 Å². The Morgan fingerprint density at radius 3 is 2.50 bits per heavy atom. The van der Waals surface area contributed by atoms with Gasteiger partial charge in [-0.15, -0.1) is 0 Å². The van der Waals surface area contributed by atoms with Crippen molar-refractivity contribution in [3.05, 3.63) is 48.0 Å². The summed E-state index contributed by atoms with van der Waals surface area (Å²) in [5.41, 5.74) is 0.201. The van der Waals surface area contributed by atoms with Gasteiger partial charge >= 0.3 is 11.9 Å². The van der Waals surface area contributed by atoms with Gasteiger partial charge in [-0.2, -0.15) is 0 Å². The standard InChI is InChI=1S/C19H23NO6/c1-13(21)20-15(11-14-7-5-4-6-8-14)18(23)26-16(19(2)12-25-19)9-10-17(22)24-3/h4-10,15-16H,11-12H2,1-3H3,(H,20,21)/b10-9+/t15-,16+,19+/m0/s1. The monoisotopic (exact) mass is 361 g/mol. The van der Waals surface area contributed by atoms with Gasteiger partial charge in [0.1, 0.15) is 11.6 Å². The number of carbonyl (C=O) groups is 3. The maximum atomic E-state index is 12.6. The molecule has 26 heavy (non-hydrogen) atoms. The third kappa shape index (κ3) is 5.70. The summed E-state index contributed by atoms with van der Waals surface area (Å²) in [5, 5.41) is 2.61. The van der Waals surface area contributed by atoms with Crippen LogP contribution >= 0.6 is 0 Å². The summed E-state index contributed by atoms with van der Waals surface area (Å²) < 4.78 is 15.4. The number of nitrogens with one attached hydrogen (secondary N) is 1. The molecule has 1 amide bonds. The topological polar surface area (TPSA) is 94.2 Å². The van der Waals surface area contributed by atoms with Crippen LogP contribution in [0.25, 0.3) is 0 Å². The number of carbonyl (C=O) groups excluding carboxylic acids is 3. The van der Waals surface area contributed by atoms with Gasteiger partial charge in [-0.25, -0.2) is 9.59 Å². The van der Waals surface area contributed by atoms with E-state index in [4.69, 9.17) is 9.47 Å². The quantitative estimate of drug-likeness (QED) is 0.424. The summed E-state index contributed by atoms with van der Waals surface area (Å²) in [6.07, 6.45) is 2.16. The number of ether oxygens (including phenoxy) is 3. The molecule has 0 aliphatic carbocycles. The van der Waals surface area contributed by atoms with E-state index in [0.717, 1.165) is 5.56 Å². The van der Waals surface area contributed by atoms with Crippen LogP contribution in [0.4, 0.5) is 0 Å². The molecule has 1 saturated heterocycles. The number of epoxide rings is 1. The molecule has 1 aromatic rings. The van der Waals surface area contributed by atoms with E-state index in [9.17, 15) is 14.4 Å². The molecule has 3 atom stereocenters. The molecule has 7 heteroatoms. The van der Waals surface area contributed by atoms with Gasteiger partial charge in [0.15, 0.2) is 6.10 Å². The Kier molecular flexibility index (Phi) is 6.52. The van der Waals surface area contributed by atoms with E-state index in [1.807, 2.05) is 30.3 Å². The summed E-state index contributed by atoms with van der Waals surface area (Å²) in [6, 6.07) is 8.46. The van der Waals surface area contributed by atoms with Crippen molar-refractivity contribution in [3.63, 3.8) is 0 Å². The third-order valence-corrected chi connectivity index (χ3v) is 4.00. The maximum Gasteiger partial charge on any atom is 0.330 e. The molecule has 1 aliphatic rings. The van der Waals surface area contributed by atoms with Crippen LogP contribution in [0.2, 0.25) is 0 Å². The summed E-state index contributed by atoms with van der Waals surface area (Å²) in [4.78, 5) is 35.4. The third-order valence-electron chi connectivity index (χ3n) is 4.00. The molecule has 0 spiro atoms. The molecule has 1 aromatic carbocycles. The van der Waals surface area contributed by atoms with Gasteiger partial charge < -0.3 is 19.5 Å². The maximum absolute atomic E-state index is 12.6. The highest BCUT2D eigenvalue weighted by Crippen LogP contribution is 2.33. The van der Waals surface area contributed by atoms with E-state index in [1.54, 1.807) is 6.92 Å². The molecule has 1 fully saturated rings. The summed E-state index contributed by atoms with van der Waals surface area (Å²) in [7, 11) is 1.26. The zero-order chi connectivity index (χ0) is 19.2. The van der Waals surface area contributed by atoms with E-state index in [0.29, 0.717) is 13.0 Å². The predicted octanol–water partition coefficient (Wildman–Crippen LogP) is 1.16. The van der Waals surface area contributed by atoms with E-state index < -0.39 is 29.7 Å². The fraction of sp³-hybridized carbons (Fsp3) is 0.421. The lowest BCUT2D eigenvalue weighted by atomic mass is 10.0. The summed E-state index contributed by atoms with van der Waals surface area (Å²) in [6.45, 7) is 3.52. The van der Waals surface area contributed by atoms with Crippen molar-refractivity contribution in [2.24, 2.45) is 0 Å². The van der Waals surface area contributed by atoms with Crippen LogP contribution in [0, 0.1) is 0 Å². The predicted molar refractivity (Wildman–Crippen MR) is 93.1 cm³/mol. The van der Waals surface area contributed by atoms with Crippen molar-refractivity contribution in [3.8, 4) is 0 Å². The molecule has 0 bridgehead atoms. The van der Waals surface area contributed by atoms with Crippen molar-refractivity contribution in [1.82, 2.24) is 5.32 Å². The van der Waals surface area contributed by atoms with E-state index in [2.05, 4.69) is 10.1 Å². The van der Waals surface area contributed by atoms with Gasteiger partial charge in [0, 0.05) is 19.4 Å². The Morgan fingerprint density at radius 1 is 1.31 bits per heavy atom. The van der Waals surface area contributed by atoms with Crippen molar-refractivity contribution >= 4 is 17.8 Å². The van der Waals surface area contributed by atoms with Gasteiger partial charge in [0.05, 0.1) is 13.7 Å².